The predicted molar refractivity (Wildman–Crippen MR) is 330 cm³/mol. The van der Waals surface area contributed by atoms with Crippen molar-refractivity contribution in [1.82, 2.24) is 0 Å². The largest absolute Gasteiger partial charge is 0.462 e. The van der Waals surface area contributed by atoms with Crippen LogP contribution in [0.3, 0.4) is 0 Å². The first-order chi connectivity index (χ1) is 37.5. The van der Waals surface area contributed by atoms with Gasteiger partial charge in [-0.05, 0) is 44.9 Å². The molecule has 0 radical (unpaired) electrons. The molecule has 0 amide bonds. The van der Waals surface area contributed by atoms with Crippen LogP contribution in [0.15, 0.2) is 12.2 Å². The highest BCUT2D eigenvalue weighted by atomic mass is 16.6. The topological polar surface area (TPSA) is 78.9 Å². The molecule has 0 aromatic rings. The molecule has 0 spiro atoms. The molecule has 0 aliphatic rings. The molecule has 0 aromatic heterocycles. The van der Waals surface area contributed by atoms with Gasteiger partial charge < -0.3 is 14.2 Å². The van der Waals surface area contributed by atoms with Gasteiger partial charge in [-0.3, -0.25) is 14.4 Å². The van der Waals surface area contributed by atoms with Crippen molar-refractivity contribution in [3.63, 3.8) is 0 Å². The summed E-state index contributed by atoms with van der Waals surface area (Å²) in [5.74, 6) is -0.836. The molecule has 0 bridgehead atoms. The molecule has 0 saturated heterocycles. The zero-order valence-corrected chi connectivity index (χ0v) is 51.8. The molecule has 76 heavy (non-hydrogen) atoms. The fourth-order valence-corrected chi connectivity index (χ4v) is 10.8. The Hall–Kier alpha value is -1.85. The van der Waals surface area contributed by atoms with E-state index in [1.807, 2.05) is 0 Å². The second-order valence-corrected chi connectivity index (χ2v) is 23.8. The van der Waals surface area contributed by atoms with Gasteiger partial charge in [0.1, 0.15) is 13.2 Å². The summed E-state index contributed by atoms with van der Waals surface area (Å²) in [5, 5.41) is 0. The van der Waals surface area contributed by atoms with Crippen molar-refractivity contribution < 1.29 is 28.6 Å². The molecule has 6 nitrogen and oxygen atoms in total. The Labute approximate surface area is 475 Å². The van der Waals surface area contributed by atoms with Crippen molar-refractivity contribution in [2.24, 2.45) is 0 Å². The number of carbonyl (C=O) groups is 3. The zero-order chi connectivity index (χ0) is 55.0. The van der Waals surface area contributed by atoms with Crippen molar-refractivity contribution in [2.75, 3.05) is 13.2 Å². The van der Waals surface area contributed by atoms with Gasteiger partial charge in [0, 0.05) is 19.3 Å². The molecule has 0 aromatic carbocycles. The van der Waals surface area contributed by atoms with Gasteiger partial charge in [0.2, 0.25) is 0 Å². The van der Waals surface area contributed by atoms with Gasteiger partial charge in [-0.2, -0.15) is 0 Å². The third kappa shape index (κ3) is 63.0. The molecule has 0 aliphatic carbocycles. The van der Waals surface area contributed by atoms with Crippen LogP contribution < -0.4 is 0 Å². The highest BCUT2D eigenvalue weighted by Gasteiger charge is 2.19. The molecule has 0 rings (SSSR count). The molecule has 0 saturated carbocycles. The quantitative estimate of drug-likeness (QED) is 0.0261. The van der Waals surface area contributed by atoms with Crippen LogP contribution in [0.2, 0.25) is 0 Å². The van der Waals surface area contributed by atoms with E-state index in [-0.39, 0.29) is 31.1 Å². The monoisotopic (exact) mass is 1070 g/mol. The summed E-state index contributed by atoms with van der Waals surface area (Å²) in [6, 6.07) is 0. The average Bonchev–Trinajstić information content (AvgIpc) is 3.42. The van der Waals surface area contributed by atoms with Gasteiger partial charge in [0.25, 0.3) is 0 Å². The normalized spacial score (nSPS) is 12.0. The Morgan fingerprint density at radius 3 is 0.658 bits per heavy atom. The third-order valence-corrected chi connectivity index (χ3v) is 16.0. The van der Waals surface area contributed by atoms with Crippen molar-refractivity contribution in [3.05, 3.63) is 12.2 Å². The van der Waals surface area contributed by atoms with Gasteiger partial charge >= 0.3 is 17.9 Å². The lowest BCUT2D eigenvalue weighted by Gasteiger charge is -2.18. The molecule has 0 fully saturated rings. The first kappa shape index (κ1) is 74.2. The van der Waals surface area contributed by atoms with Crippen molar-refractivity contribution >= 4 is 17.9 Å². The van der Waals surface area contributed by atoms with Crippen LogP contribution in [-0.2, 0) is 28.6 Å². The number of rotatable bonds is 65. The molecule has 6 heteroatoms. The van der Waals surface area contributed by atoms with Gasteiger partial charge in [0.15, 0.2) is 6.10 Å². The van der Waals surface area contributed by atoms with E-state index < -0.39 is 6.10 Å². The van der Waals surface area contributed by atoms with Gasteiger partial charge in [-0.1, -0.05) is 348 Å². The first-order valence-corrected chi connectivity index (χ1v) is 34.7. The average molecular weight is 1070 g/mol. The summed E-state index contributed by atoms with van der Waals surface area (Å²) < 4.78 is 17.0. The summed E-state index contributed by atoms with van der Waals surface area (Å²) in [5.41, 5.74) is 0. The van der Waals surface area contributed by atoms with E-state index in [2.05, 4.69) is 32.9 Å². The van der Waals surface area contributed by atoms with E-state index >= 15 is 0 Å². The van der Waals surface area contributed by atoms with Crippen LogP contribution in [0.25, 0.3) is 0 Å². The molecular formula is C70H134O6. The second-order valence-electron chi connectivity index (χ2n) is 23.8. The van der Waals surface area contributed by atoms with Crippen LogP contribution >= 0.6 is 0 Å². The molecule has 1 unspecified atom stereocenters. The van der Waals surface area contributed by atoms with Crippen LogP contribution in [0.1, 0.15) is 400 Å². The van der Waals surface area contributed by atoms with Crippen molar-refractivity contribution in [3.8, 4) is 0 Å². The lowest BCUT2D eigenvalue weighted by molar-refractivity contribution is -0.167. The Morgan fingerprint density at radius 2 is 0.434 bits per heavy atom. The van der Waals surface area contributed by atoms with Crippen LogP contribution in [0.4, 0.5) is 0 Å². The number of hydrogen-bond donors (Lipinski definition) is 0. The van der Waals surface area contributed by atoms with Crippen molar-refractivity contribution in [1.29, 1.82) is 0 Å². The molecule has 450 valence electrons. The highest BCUT2D eigenvalue weighted by molar-refractivity contribution is 5.71. The van der Waals surface area contributed by atoms with E-state index in [0.717, 1.165) is 57.8 Å². The van der Waals surface area contributed by atoms with Gasteiger partial charge in [-0.25, -0.2) is 0 Å². The molecule has 1 atom stereocenters. The molecular weight excluding hydrogens is 937 g/mol. The van der Waals surface area contributed by atoms with Gasteiger partial charge in [0.05, 0.1) is 0 Å². The smallest absolute Gasteiger partial charge is 0.306 e. The number of hydrogen-bond acceptors (Lipinski definition) is 6. The van der Waals surface area contributed by atoms with Crippen LogP contribution in [-0.4, -0.2) is 37.2 Å². The maximum Gasteiger partial charge on any atom is 0.306 e. The maximum absolute atomic E-state index is 12.9. The summed E-state index contributed by atoms with van der Waals surface area (Å²) in [6.07, 6.45) is 78.1. The minimum atomic E-state index is -0.768. The number of ether oxygens (including phenoxy) is 3. The van der Waals surface area contributed by atoms with E-state index in [4.69, 9.17) is 14.2 Å². The zero-order valence-electron chi connectivity index (χ0n) is 51.8. The predicted octanol–water partition coefficient (Wildman–Crippen LogP) is 23.6. The van der Waals surface area contributed by atoms with Gasteiger partial charge in [-0.15, -0.1) is 0 Å². The lowest BCUT2D eigenvalue weighted by Crippen LogP contribution is -2.30. The lowest BCUT2D eigenvalue weighted by atomic mass is 10.0. The van der Waals surface area contributed by atoms with Crippen molar-refractivity contribution in [2.45, 2.75) is 406 Å². The second kappa shape index (κ2) is 65.7. The Morgan fingerprint density at radius 1 is 0.250 bits per heavy atom. The SMILES string of the molecule is CCCCCCCCC/C=C\CCCCCCCCCC(=O)OC(COC(=O)CCCCCCCCCCCCCCC)COC(=O)CCCCCCCCCCCCCCCCCCCCCCCCCCCCC. The molecule has 0 heterocycles. The van der Waals surface area contributed by atoms with Crippen LogP contribution in [0, 0.1) is 0 Å². The van der Waals surface area contributed by atoms with Crippen LogP contribution in [0.5, 0.6) is 0 Å². The standard InChI is InChI=1S/C70H134O6/c1-4-7-10-13-16-19-22-25-27-29-31-32-33-34-35-36-37-38-39-41-42-45-48-51-54-57-60-63-69(72)75-66-67(65-74-68(71)62-59-56-53-50-47-44-24-21-18-15-12-9-6-3)76-70(73)64-61-58-55-52-49-46-43-40-30-28-26-23-20-17-14-11-8-5-2/h28,30,67H,4-27,29,31-66H2,1-3H3/b30-28-. The molecule has 0 N–H and O–H groups in total. The Bertz CT molecular complexity index is 1180. The summed E-state index contributed by atoms with van der Waals surface area (Å²) in [4.78, 5) is 38.3. The number of esters is 3. The summed E-state index contributed by atoms with van der Waals surface area (Å²) >= 11 is 0. The van der Waals surface area contributed by atoms with E-state index in [1.54, 1.807) is 0 Å². The Kier molecular flexibility index (Phi) is 64.1. The number of allylic oxidation sites excluding steroid dienone is 2. The minimum Gasteiger partial charge on any atom is -0.462 e. The molecule has 0 aliphatic heterocycles. The van der Waals surface area contributed by atoms with E-state index in [1.165, 1.54) is 302 Å². The fraction of sp³-hybridized carbons (Fsp3) is 0.929. The first-order valence-electron chi connectivity index (χ1n) is 34.7. The summed E-state index contributed by atoms with van der Waals surface area (Å²) in [7, 11) is 0. The summed E-state index contributed by atoms with van der Waals surface area (Å²) in [6.45, 7) is 6.72. The minimum absolute atomic E-state index is 0.0651. The third-order valence-electron chi connectivity index (χ3n) is 16.0. The highest BCUT2D eigenvalue weighted by Crippen LogP contribution is 2.19. The number of carbonyl (C=O) groups excluding carboxylic acids is 3. The number of unbranched alkanes of at least 4 members (excludes halogenated alkanes) is 52. The Balaban J connectivity index is 4.18. The van der Waals surface area contributed by atoms with E-state index in [0.29, 0.717) is 19.3 Å². The fourth-order valence-electron chi connectivity index (χ4n) is 10.8. The van der Waals surface area contributed by atoms with E-state index in [9.17, 15) is 14.4 Å². The maximum atomic E-state index is 12.9.